The maximum atomic E-state index is 5.46. The summed E-state index contributed by atoms with van der Waals surface area (Å²) in [6.45, 7) is 6.12. The molecule has 5 N–H and O–H groups in total. The maximum absolute atomic E-state index is 5.46. The Balaban J connectivity index is 1.46. The summed E-state index contributed by atoms with van der Waals surface area (Å²) in [7, 11) is 0. The molecule has 0 heterocycles. The summed E-state index contributed by atoms with van der Waals surface area (Å²) in [4.78, 5) is 1.30. The molecular weight excluding hydrogens is 328 g/mol. The van der Waals surface area contributed by atoms with Crippen LogP contribution in [0.5, 0.6) is 0 Å². The van der Waals surface area contributed by atoms with Gasteiger partial charge in [-0.15, -0.1) is 0 Å². The first-order chi connectivity index (χ1) is 12.4. The lowest BCUT2D eigenvalue weighted by Crippen LogP contribution is -2.22. The molecule has 4 nitrogen and oxygen atoms in total. The second kappa shape index (κ2) is 13.1. The normalized spacial score (nSPS) is 11.2. The van der Waals surface area contributed by atoms with Crippen molar-refractivity contribution in [1.82, 2.24) is 15.4 Å². The van der Waals surface area contributed by atoms with Crippen LogP contribution in [0.1, 0.15) is 25.7 Å². The number of nitrogens with two attached hydrogens (primary N) is 1. The predicted molar refractivity (Wildman–Crippen MR) is 111 cm³/mol. The van der Waals surface area contributed by atoms with Crippen molar-refractivity contribution in [2.75, 3.05) is 39.3 Å². The molecule has 0 unspecified atom stereocenters. The van der Waals surface area contributed by atoms with Crippen molar-refractivity contribution < 1.29 is 0 Å². The summed E-state index contributed by atoms with van der Waals surface area (Å²) in [5, 5.41) is 9.55. The molecule has 0 aromatic heterocycles. The smallest absolute Gasteiger partial charge is 0.0306 e. The number of unbranched alkanes of at least 4 members (excludes halogenated alkanes) is 1. The molecule has 0 amide bonds. The number of benzene rings is 2. The van der Waals surface area contributed by atoms with Gasteiger partial charge in [0.1, 0.15) is 0 Å². The molecule has 0 fully saturated rings. The minimum atomic E-state index is 0.779. The van der Waals surface area contributed by atoms with Crippen molar-refractivity contribution in [3.05, 3.63) is 42.5 Å². The summed E-state index contributed by atoms with van der Waals surface area (Å²) in [5.41, 5.74) is 5.46. The number of fused-ring (bicyclic) bond motifs is 1. The van der Waals surface area contributed by atoms with Crippen molar-refractivity contribution in [2.45, 2.75) is 30.6 Å². The van der Waals surface area contributed by atoms with Gasteiger partial charge in [-0.05, 0) is 87.2 Å². The van der Waals surface area contributed by atoms with Crippen LogP contribution in [0.3, 0.4) is 0 Å². The van der Waals surface area contributed by atoms with Crippen LogP contribution in [0.4, 0.5) is 0 Å². The topological polar surface area (TPSA) is 62.1 Å². The van der Waals surface area contributed by atoms with E-state index in [9.17, 15) is 0 Å². The average molecular weight is 361 g/mol. The second-order valence-corrected chi connectivity index (χ2v) is 7.11. The van der Waals surface area contributed by atoms with Crippen molar-refractivity contribution >= 4 is 22.7 Å². The minimum absolute atomic E-state index is 0.779. The summed E-state index contributed by atoms with van der Waals surface area (Å²) in [6.07, 6.45) is 4.68. The molecule has 0 atom stereocenters. The molecule has 5 heteroatoms. The lowest BCUT2D eigenvalue weighted by Gasteiger charge is -2.08. The Bertz CT molecular complexity index is 585. The molecule has 0 radical (unpaired) electrons. The van der Waals surface area contributed by atoms with Gasteiger partial charge in [-0.3, -0.25) is 4.72 Å². The van der Waals surface area contributed by atoms with Gasteiger partial charge in [0.15, 0.2) is 0 Å². The quantitative estimate of drug-likeness (QED) is 0.308. The highest BCUT2D eigenvalue weighted by atomic mass is 32.2. The molecule has 2 rings (SSSR count). The van der Waals surface area contributed by atoms with Crippen LogP contribution in [0.2, 0.25) is 0 Å². The standard InChI is InChI=1S/C20H32N4S/c21-12-6-15-22-13-3-4-14-23-16-7-17-24-25-20-11-5-9-18-8-1-2-10-19(18)20/h1-2,5,8-11,22-24H,3-4,6-7,12-17,21H2. The van der Waals surface area contributed by atoms with Gasteiger partial charge in [-0.1, -0.05) is 36.4 Å². The van der Waals surface area contributed by atoms with Gasteiger partial charge >= 0.3 is 0 Å². The van der Waals surface area contributed by atoms with Gasteiger partial charge in [-0.25, -0.2) is 0 Å². The van der Waals surface area contributed by atoms with Gasteiger partial charge in [0, 0.05) is 11.4 Å². The van der Waals surface area contributed by atoms with Crippen LogP contribution in [-0.2, 0) is 0 Å². The van der Waals surface area contributed by atoms with Crippen LogP contribution in [0.25, 0.3) is 10.8 Å². The van der Waals surface area contributed by atoms with Gasteiger partial charge in [0.05, 0.1) is 0 Å². The zero-order valence-electron chi connectivity index (χ0n) is 15.1. The van der Waals surface area contributed by atoms with Gasteiger partial charge in [0.2, 0.25) is 0 Å². The molecule has 138 valence electrons. The highest BCUT2D eigenvalue weighted by Crippen LogP contribution is 2.25. The first-order valence-corrected chi connectivity index (χ1v) is 10.2. The van der Waals surface area contributed by atoms with E-state index in [1.807, 2.05) is 0 Å². The first kappa shape index (κ1) is 20.2. The SMILES string of the molecule is NCCCNCCCCNCCCNSc1cccc2ccccc12. The molecule has 0 saturated carbocycles. The van der Waals surface area contributed by atoms with E-state index in [0.29, 0.717) is 0 Å². The molecule has 2 aromatic carbocycles. The second-order valence-electron chi connectivity index (χ2n) is 6.18. The lowest BCUT2D eigenvalue weighted by molar-refractivity contribution is 0.568. The van der Waals surface area contributed by atoms with Gasteiger partial charge in [0.25, 0.3) is 0 Å². The molecule has 0 spiro atoms. The van der Waals surface area contributed by atoms with E-state index >= 15 is 0 Å². The maximum Gasteiger partial charge on any atom is 0.0306 e. The summed E-state index contributed by atoms with van der Waals surface area (Å²) in [6, 6.07) is 15.0. The molecule has 0 aliphatic rings. The van der Waals surface area contributed by atoms with E-state index in [2.05, 4.69) is 57.8 Å². The fraction of sp³-hybridized carbons (Fsp3) is 0.500. The van der Waals surface area contributed by atoms with Crippen molar-refractivity contribution in [2.24, 2.45) is 5.73 Å². The molecule has 0 aliphatic heterocycles. The van der Waals surface area contributed by atoms with Crippen molar-refractivity contribution in [3.8, 4) is 0 Å². The number of hydrogen-bond donors (Lipinski definition) is 4. The van der Waals surface area contributed by atoms with Crippen LogP contribution in [0.15, 0.2) is 47.4 Å². The Kier molecular flexibility index (Phi) is 10.6. The Morgan fingerprint density at radius 2 is 1.40 bits per heavy atom. The van der Waals surface area contributed by atoms with Crippen LogP contribution < -0.4 is 21.1 Å². The first-order valence-electron chi connectivity index (χ1n) is 9.41. The monoisotopic (exact) mass is 360 g/mol. The minimum Gasteiger partial charge on any atom is -0.330 e. The van der Waals surface area contributed by atoms with E-state index in [0.717, 1.165) is 52.1 Å². The zero-order valence-corrected chi connectivity index (χ0v) is 15.9. The molecule has 0 bridgehead atoms. The summed E-state index contributed by atoms with van der Waals surface area (Å²) >= 11 is 1.74. The van der Waals surface area contributed by atoms with Crippen LogP contribution in [0, 0.1) is 0 Å². The highest BCUT2D eigenvalue weighted by molar-refractivity contribution is 7.97. The third-order valence-electron chi connectivity index (χ3n) is 4.08. The molecule has 2 aromatic rings. The van der Waals surface area contributed by atoms with E-state index in [1.165, 1.54) is 28.5 Å². The molecule has 0 aliphatic carbocycles. The van der Waals surface area contributed by atoms with Crippen molar-refractivity contribution in [1.29, 1.82) is 0 Å². The number of nitrogens with one attached hydrogen (secondary N) is 3. The van der Waals surface area contributed by atoms with Crippen LogP contribution >= 0.6 is 11.9 Å². The van der Waals surface area contributed by atoms with E-state index in [-0.39, 0.29) is 0 Å². The zero-order chi connectivity index (χ0) is 17.6. The van der Waals surface area contributed by atoms with Crippen molar-refractivity contribution in [3.63, 3.8) is 0 Å². The lowest BCUT2D eigenvalue weighted by atomic mass is 10.1. The molecular formula is C20H32N4S. The molecule has 25 heavy (non-hydrogen) atoms. The van der Waals surface area contributed by atoms with E-state index < -0.39 is 0 Å². The van der Waals surface area contributed by atoms with Gasteiger partial charge in [-0.2, -0.15) is 0 Å². The fourth-order valence-electron chi connectivity index (χ4n) is 2.68. The highest BCUT2D eigenvalue weighted by Gasteiger charge is 2.00. The Morgan fingerprint density at radius 3 is 2.20 bits per heavy atom. The predicted octanol–water partition coefficient (Wildman–Crippen LogP) is 3.13. The Morgan fingerprint density at radius 1 is 0.720 bits per heavy atom. The molecule has 0 saturated heterocycles. The third kappa shape index (κ3) is 8.21. The number of hydrogen-bond acceptors (Lipinski definition) is 5. The van der Waals surface area contributed by atoms with Gasteiger partial charge < -0.3 is 16.4 Å². The third-order valence-corrected chi connectivity index (χ3v) is 5.00. The fourth-order valence-corrected chi connectivity index (χ4v) is 3.52. The summed E-state index contributed by atoms with van der Waals surface area (Å²) in [5.74, 6) is 0. The largest absolute Gasteiger partial charge is 0.330 e. The van der Waals surface area contributed by atoms with E-state index in [1.54, 1.807) is 11.9 Å². The average Bonchev–Trinajstić information content (AvgIpc) is 2.65. The van der Waals surface area contributed by atoms with Crippen LogP contribution in [-0.4, -0.2) is 39.3 Å². The number of rotatable bonds is 14. The Labute approximate surface area is 156 Å². The van der Waals surface area contributed by atoms with E-state index in [4.69, 9.17) is 5.73 Å². The summed E-state index contributed by atoms with van der Waals surface area (Å²) < 4.78 is 3.48. The Hall–Kier alpha value is -1.11.